The molecule has 0 spiro atoms. The molecule has 1 saturated heterocycles. The van der Waals surface area contributed by atoms with Crippen molar-refractivity contribution < 1.29 is 10.0 Å². The van der Waals surface area contributed by atoms with Crippen LogP contribution in [0.1, 0.15) is 11.1 Å². The van der Waals surface area contributed by atoms with E-state index in [1.165, 1.54) is 0 Å². The average Bonchev–Trinajstić information content (AvgIpc) is 2.89. The summed E-state index contributed by atoms with van der Waals surface area (Å²) in [6.07, 6.45) is 1.81. The molecule has 1 heterocycles. The van der Waals surface area contributed by atoms with Crippen molar-refractivity contribution in [3.63, 3.8) is 0 Å². The molecule has 0 aliphatic carbocycles. The first-order chi connectivity index (χ1) is 11.3. The van der Waals surface area contributed by atoms with Gasteiger partial charge < -0.3 is 10.5 Å². The molecule has 0 saturated carbocycles. The molecule has 0 bridgehead atoms. The highest BCUT2D eigenvalue weighted by atomic mass is 16.4. The van der Waals surface area contributed by atoms with Gasteiger partial charge in [0.25, 0.3) is 5.91 Å². The van der Waals surface area contributed by atoms with Crippen LogP contribution in [0.2, 0.25) is 0 Å². The van der Waals surface area contributed by atoms with Gasteiger partial charge in [-0.25, -0.2) is 0 Å². The number of oxime groups is 1. The molecule has 1 aliphatic heterocycles. The van der Waals surface area contributed by atoms with Gasteiger partial charge in [-0.05, 0) is 17.2 Å². The number of carbonyl (C=O) groups is 1. The SMILES string of the molecule is O=C1N/C(=C/c2ccccc2)C(=NCc2ccccc2)/C1=N/O. The molecular weight excluding hydrogens is 290 g/mol. The molecule has 114 valence electrons. The van der Waals surface area contributed by atoms with Gasteiger partial charge in [-0.1, -0.05) is 65.8 Å². The quantitative estimate of drug-likeness (QED) is 0.676. The first-order valence-corrected chi connectivity index (χ1v) is 7.17. The van der Waals surface area contributed by atoms with Gasteiger partial charge in [-0.15, -0.1) is 0 Å². The molecule has 0 atom stereocenters. The Morgan fingerprint density at radius 1 is 0.957 bits per heavy atom. The summed E-state index contributed by atoms with van der Waals surface area (Å²) in [5.74, 6) is -0.457. The van der Waals surface area contributed by atoms with E-state index in [-0.39, 0.29) is 5.71 Å². The number of hydrogen-bond donors (Lipinski definition) is 2. The van der Waals surface area contributed by atoms with E-state index in [2.05, 4.69) is 15.5 Å². The Kier molecular flexibility index (Phi) is 4.29. The monoisotopic (exact) mass is 305 g/mol. The average molecular weight is 305 g/mol. The molecule has 1 fully saturated rings. The van der Waals surface area contributed by atoms with Crippen molar-refractivity contribution in [1.29, 1.82) is 0 Å². The van der Waals surface area contributed by atoms with Gasteiger partial charge in [0.2, 0.25) is 0 Å². The van der Waals surface area contributed by atoms with E-state index >= 15 is 0 Å². The Morgan fingerprint density at radius 3 is 2.26 bits per heavy atom. The molecule has 5 heteroatoms. The zero-order valence-corrected chi connectivity index (χ0v) is 12.3. The zero-order chi connectivity index (χ0) is 16.1. The predicted octanol–water partition coefficient (Wildman–Crippen LogP) is 2.63. The van der Waals surface area contributed by atoms with Crippen LogP contribution in [0.3, 0.4) is 0 Å². The second kappa shape index (κ2) is 6.70. The summed E-state index contributed by atoms with van der Waals surface area (Å²) in [7, 11) is 0. The smallest absolute Gasteiger partial charge is 0.280 e. The number of rotatable bonds is 3. The van der Waals surface area contributed by atoms with Crippen molar-refractivity contribution in [2.75, 3.05) is 0 Å². The highest BCUT2D eigenvalue weighted by Gasteiger charge is 2.31. The zero-order valence-electron chi connectivity index (χ0n) is 12.3. The molecule has 2 aromatic carbocycles. The lowest BCUT2D eigenvalue weighted by atomic mass is 10.1. The number of nitrogens with zero attached hydrogens (tertiary/aromatic N) is 2. The van der Waals surface area contributed by atoms with Crippen LogP contribution >= 0.6 is 0 Å². The van der Waals surface area contributed by atoms with Crippen LogP contribution in [0.15, 0.2) is 76.5 Å². The summed E-state index contributed by atoms with van der Waals surface area (Å²) in [6.45, 7) is 0.399. The van der Waals surface area contributed by atoms with E-state index in [4.69, 9.17) is 5.21 Å². The number of allylic oxidation sites excluding steroid dienone is 1. The number of carbonyl (C=O) groups excluding carboxylic acids is 1. The maximum absolute atomic E-state index is 11.9. The fourth-order valence-electron chi connectivity index (χ4n) is 2.30. The third kappa shape index (κ3) is 3.35. The molecule has 0 aromatic heterocycles. The van der Waals surface area contributed by atoms with Crippen LogP contribution in [0.4, 0.5) is 0 Å². The van der Waals surface area contributed by atoms with Gasteiger partial charge in [0.05, 0.1) is 12.2 Å². The van der Waals surface area contributed by atoms with Gasteiger partial charge in [0.15, 0.2) is 5.71 Å². The first kappa shape index (κ1) is 14.7. The second-order valence-electron chi connectivity index (χ2n) is 5.02. The Hall–Kier alpha value is -3.21. The van der Waals surface area contributed by atoms with Crippen LogP contribution < -0.4 is 5.32 Å². The van der Waals surface area contributed by atoms with Crippen LogP contribution in [-0.4, -0.2) is 22.5 Å². The summed E-state index contributed by atoms with van der Waals surface area (Å²) in [5, 5.41) is 14.9. The molecule has 2 N–H and O–H groups in total. The lowest BCUT2D eigenvalue weighted by molar-refractivity contribution is -0.113. The lowest BCUT2D eigenvalue weighted by Crippen LogP contribution is -2.19. The molecule has 23 heavy (non-hydrogen) atoms. The minimum Gasteiger partial charge on any atom is -0.410 e. The van der Waals surface area contributed by atoms with Crippen LogP contribution in [0.5, 0.6) is 0 Å². The van der Waals surface area contributed by atoms with Gasteiger partial charge in [-0.2, -0.15) is 0 Å². The Morgan fingerprint density at radius 2 is 1.61 bits per heavy atom. The molecular formula is C18H15N3O2. The van der Waals surface area contributed by atoms with Crippen LogP contribution in [0.25, 0.3) is 6.08 Å². The molecule has 5 nitrogen and oxygen atoms in total. The number of nitrogens with one attached hydrogen (secondary N) is 1. The van der Waals surface area contributed by atoms with Crippen molar-refractivity contribution in [3.8, 4) is 0 Å². The summed E-state index contributed by atoms with van der Waals surface area (Å²) >= 11 is 0. The number of amides is 1. The minimum atomic E-state index is -0.457. The van der Waals surface area contributed by atoms with Gasteiger partial charge in [-0.3, -0.25) is 9.79 Å². The van der Waals surface area contributed by atoms with Crippen molar-refractivity contribution in [3.05, 3.63) is 77.5 Å². The summed E-state index contributed by atoms with van der Waals surface area (Å²) in [6, 6.07) is 19.2. The lowest BCUT2D eigenvalue weighted by Gasteiger charge is -2.01. The minimum absolute atomic E-state index is 0.0666. The molecule has 2 aromatic rings. The Bertz CT molecular complexity index is 794. The van der Waals surface area contributed by atoms with E-state index in [1.54, 1.807) is 6.08 Å². The third-order valence-electron chi connectivity index (χ3n) is 3.42. The molecule has 3 rings (SSSR count). The Labute approximate surface area is 133 Å². The highest BCUT2D eigenvalue weighted by molar-refractivity contribution is 6.74. The van der Waals surface area contributed by atoms with Crippen LogP contribution in [0, 0.1) is 0 Å². The van der Waals surface area contributed by atoms with E-state index in [1.807, 2.05) is 60.7 Å². The number of aliphatic imine (C=N–C) groups is 1. The van der Waals surface area contributed by atoms with E-state index in [0.717, 1.165) is 11.1 Å². The molecule has 1 amide bonds. The molecule has 0 unspecified atom stereocenters. The standard InChI is InChI=1S/C18H15N3O2/c22-18-17(21-23)16(19-12-14-9-5-2-6-10-14)15(20-18)11-13-7-3-1-4-8-13/h1-11,23H,12H2,(H,20,22)/b15-11+,19-16?,21-17-. The third-order valence-corrected chi connectivity index (χ3v) is 3.42. The number of hydrogen-bond acceptors (Lipinski definition) is 4. The fourth-order valence-corrected chi connectivity index (χ4v) is 2.30. The predicted molar refractivity (Wildman–Crippen MR) is 89.4 cm³/mol. The largest absolute Gasteiger partial charge is 0.410 e. The van der Waals surface area contributed by atoms with Gasteiger partial charge >= 0.3 is 0 Å². The van der Waals surface area contributed by atoms with Crippen molar-refractivity contribution in [2.45, 2.75) is 6.54 Å². The topological polar surface area (TPSA) is 74.0 Å². The van der Waals surface area contributed by atoms with E-state index < -0.39 is 5.91 Å². The first-order valence-electron chi connectivity index (χ1n) is 7.17. The summed E-state index contributed by atoms with van der Waals surface area (Å²) in [4.78, 5) is 16.4. The van der Waals surface area contributed by atoms with Crippen molar-refractivity contribution >= 4 is 23.4 Å². The highest BCUT2D eigenvalue weighted by Crippen LogP contribution is 2.14. The van der Waals surface area contributed by atoms with Crippen molar-refractivity contribution in [2.24, 2.45) is 10.1 Å². The van der Waals surface area contributed by atoms with Crippen LogP contribution in [-0.2, 0) is 11.3 Å². The van der Waals surface area contributed by atoms with Gasteiger partial charge in [0.1, 0.15) is 5.71 Å². The summed E-state index contributed by atoms with van der Waals surface area (Å²) in [5.41, 5.74) is 2.77. The maximum atomic E-state index is 11.9. The Balaban J connectivity index is 1.95. The normalized spacial score (nSPS) is 19.5. The molecule has 0 radical (unpaired) electrons. The van der Waals surface area contributed by atoms with Gasteiger partial charge in [0, 0.05) is 0 Å². The van der Waals surface area contributed by atoms with E-state index in [0.29, 0.717) is 18.0 Å². The van der Waals surface area contributed by atoms with E-state index in [9.17, 15) is 4.79 Å². The summed E-state index contributed by atoms with van der Waals surface area (Å²) < 4.78 is 0. The van der Waals surface area contributed by atoms with Crippen molar-refractivity contribution in [1.82, 2.24) is 5.32 Å². The number of benzene rings is 2. The molecule has 1 aliphatic rings. The second-order valence-corrected chi connectivity index (χ2v) is 5.02. The fraction of sp³-hybridized carbons (Fsp3) is 0.0556. The maximum Gasteiger partial charge on any atom is 0.280 e.